The number of rotatable bonds is 6. The van der Waals surface area contributed by atoms with Crippen LogP contribution in [0.2, 0.25) is 0 Å². The van der Waals surface area contributed by atoms with E-state index in [0.717, 1.165) is 17.5 Å². The smallest absolute Gasteiger partial charge is 0.240 e. The third-order valence-electron chi connectivity index (χ3n) is 3.23. The average molecular weight is 306 g/mol. The molecule has 0 amide bonds. The molecule has 0 aliphatic rings. The highest BCUT2D eigenvalue weighted by Crippen LogP contribution is 2.17. The van der Waals surface area contributed by atoms with E-state index >= 15 is 0 Å². The normalized spacial score (nSPS) is 11.5. The fraction of sp³-hybridized carbons (Fsp3) is 0.267. The molecule has 6 heteroatoms. The fourth-order valence-corrected chi connectivity index (χ4v) is 3.09. The molecule has 0 saturated heterocycles. The summed E-state index contributed by atoms with van der Waals surface area (Å²) in [7, 11) is -3.60. The van der Waals surface area contributed by atoms with E-state index in [-0.39, 0.29) is 18.0 Å². The minimum absolute atomic E-state index is 0.160. The molecular weight excluding hydrogens is 288 g/mol. The first-order valence-electron chi connectivity index (χ1n) is 6.68. The highest BCUT2D eigenvalue weighted by molar-refractivity contribution is 7.89. The van der Waals surface area contributed by atoms with Crippen LogP contribution in [0.1, 0.15) is 23.6 Å². The lowest BCUT2D eigenvalue weighted by molar-refractivity contribution is 0.280. The van der Waals surface area contributed by atoms with Crippen LogP contribution in [0, 0.1) is 0 Å². The Bertz CT molecular complexity index is 700. The second-order valence-electron chi connectivity index (χ2n) is 4.63. The van der Waals surface area contributed by atoms with Gasteiger partial charge in [-0.1, -0.05) is 19.1 Å². The predicted octanol–water partition coefficient (Wildman–Crippen LogP) is 1.61. The molecule has 0 atom stereocenters. The molecule has 0 aliphatic carbocycles. The topological polar surface area (TPSA) is 79.3 Å². The summed E-state index contributed by atoms with van der Waals surface area (Å²) in [4.78, 5) is 4.10. The van der Waals surface area contributed by atoms with Gasteiger partial charge in [-0.05, 0) is 41.3 Å². The van der Waals surface area contributed by atoms with Gasteiger partial charge in [-0.25, -0.2) is 13.1 Å². The summed E-state index contributed by atoms with van der Waals surface area (Å²) in [6, 6.07) is 8.37. The van der Waals surface area contributed by atoms with Crippen molar-refractivity contribution in [3.05, 3.63) is 59.4 Å². The average Bonchev–Trinajstić information content (AvgIpc) is 2.53. The second kappa shape index (κ2) is 6.80. The summed E-state index contributed by atoms with van der Waals surface area (Å²) in [5.74, 6) is 0. The Labute approximate surface area is 124 Å². The summed E-state index contributed by atoms with van der Waals surface area (Å²) < 4.78 is 27.1. The number of benzene rings is 1. The van der Waals surface area contributed by atoms with Crippen molar-refractivity contribution in [3.63, 3.8) is 0 Å². The molecule has 2 N–H and O–H groups in total. The minimum atomic E-state index is -3.60. The summed E-state index contributed by atoms with van der Waals surface area (Å²) in [6.07, 6.45) is 4.00. The van der Waals surface area contributed by atoms with E-state index in [4.69, 9.17) is 0 Å². The molecule has 5 nitrogen and oxygen atoms in total. The maximum absolute atomic E-state index is 12.3. The van der Waals surface area contributed by atoms with Crippen LogP contribution in [0.3, 0.4) is 0 Å². The van der Waals surface area contributed by atoms with Gasteiger partial charge in [-0.15, -0.1) is 0 Å². The second-order valence-corrected chi connectivity index (χ2v) is 6.39. The van der Waals surface area contributed by atoms with E-state index < -0.39 is 10.0 Å². The van der Waals surface area contributed by atoms with E-state index in [1.54, 1.807) is 36.7 Å². The van der Waals surface area contributed by atoms with Gasteiger partial charge in [0.25, 0.3) is 0 Å². The molecule has 2 rings (SSSR count). The molecule has 112 valence electrons. The summed E-state index contributed by atoms with van der Waals surface area (Å²) in [6.45, 7) is 1.97. The van der Waals surface area contributed by atoms with Crippen LogP contribution in [-0.4, -0.2) is 18.5 Å². The third-order valence-corrected chi connectivity index (χ3v) is 4.63. The SMILES string of the molecule is CCc1ccc(S(=O)(=O)NCc2cccnc2)cc1CO. The number of aryl methyl sites for hydroxylation is 1. The van der Waals surface area contributed by atoms with Gasteiger partial charge in [0, 0.05) is 18.9 Å². The van der Waals surface area contributed by atoms with Crippen LogP contribution in [-0.2, 0) is 29.6 Å². The van der Waals surface area contributed by atoms with Crippen LogP contribution in [0.25, 0.3) is 0 Å². The fourth-order valence-electron chi connectivity index (χ4n) is 2.03. The maximum atomic E-state index is 12.3. The zero-order valence-corrected chi connectivity index (χ0v) is 12.6. The summed E-state index contributed by atoms with van der Waals surface area (Å²) in [5.41, 5.74) is 2.37. The quantitative estimate of drug-likeness (QED) is 0.850. The highest BCUT2D eigenvalue weighted by Gasteiger charge is 2.15. The molecule has 0 aliphatic heterocycles. The minimum Gasteiger partial charge on any atom is -0.392 e. The standard InChI is InChI=1S/C15H18N2O3S/c1-2-13-5-6-15(8-14(13)11-18)21(19,20)17-10-12-4-3-7-16-9-12/h3-9,17-18H,2,10-11H2,1H3. The molecule has 2 aromatic rings. The Morgan fingerprint density at radius 3 is 2.67 bits per heavy atom. The number of hydrogen-bond acceptors (Lipinski definition) is 4. The molecule has 0 saturated carbocycles. The van der Waals surface area contributed by atoms with Crippen LogP contribution in [0.5, 0.6) is 0 Å². The zero-order valence-electron chi connectivity index (χ0n) is 11.8. The number of aliphatic hydroxyl groups is 1. The van der Waals surface area contributed by atoms with Crippen LogP contribution < -0.4 is 4.72 Å². The van der Waals surface area contributed by atoms with Gasteiger partial charge in [0.1, 0.15) is 0 Å². The lowest BCUT2D eigenvalue weighted by atomic mass is 10.1. The summed E-state index contributed by atoms with van der Waals surface area (Å²) in [5, 5.41) is 9.32. The molecule has 1 heterocycles. The molecule has 0 radical (unpaired) electrons. The number of nitrogens with one attached hydrogen (secondary N) is 1. The van der Waals surface area contributed by atoms with Gasteiger partial charge in [0.05, 0.1) is 11.5 Å². The largest absolute Gasteiger partial charge is 0.392 e. The van der Waals surface area contributed by atoms with Gasteiger partial charge >= 0.3 is 0 Å². The molecular formula is C15H18N2O3S. The highest BCUT2D eigenvalue weighted by atomic mass is 32.2. The van der Waals surface area contributed by atoms with Gasteiger partial charge in [0.2, 0.25) is 10.0 Å². The maximum Gasteiger partial charge on any atom is 0.240 e. The Balaban J connectivity index is 2.19. The van der Waals surface area contributed by atoms with Crippen LogP contribution >= 0.6 is 0 Å². The van der Waals surface area contributed by atoms with Crippen molar-refractivity contribution < 1.29 is 13.5 Å². The van der Waals surface area contributed by atoms with Crippen LogP contribution in [0.4, 0.5) is 0 Å². The number of nitrogens with zero attached hydrogens (tertiary/aromatic N) is 1. The van der Waals surface area contributed by atoms with Crippen molar-refractivity contribution in [1.29, 1.82) is 0 Å². The lowest BCUT2D eigenvalue weighted by Gasteiger charge is -2.10. The van der Waals surface area contributed by atoms with E-state index in [1.807, 2.05) is 6.92 Å². The van der Waals surface area contributed by atoms with Crippen molar-refractivity contribution >= 4 is 10.0 Å². The Morgan fingerprint density at radius 2 is 2.05 bits per heavy atom. The molecule has 1 aromatic carbocycles. The number of sulfonamides is 1. The summed E-state index contributed by atoms with van der Waals surface area (Å²) >= 11 is 0. The van der Waals surface area contributed by atoms with Crippen molar-refractivity contribution in [2.45, 2.75) is 31.4 Å². The van der Waals surface area contributed by atoms with E-state index in [2.05, 4.69) is 9.71 Å². The van der Waals surface area contributed by atoms with Crippen molar-refractivity contribution in [2.75, 3.05) is 0 Å². The monoisotopic (exact) mass is 306 g/mol. The number of aromatic nitrogens is 1. The van der Waals surface area contributed by atoms with Gasteiger partial charge in [0.15, 0.2) is 0 Å². The Kier molecular flexibility index (Phi) is 5.06. The van der Waals surface area contributed by atoms with E-state index in [1.165, 1.54) is 6.07 Å². The third kappa shape index (κ3) is 3.87. The number of hydrogen-bond donors (Lipinski definition) is 2. The van der Waals surface area contributed by atoms with Gasteiger partial charge in [-0.3, -0.25) is 4.98 Å². The predicted molar refractivity (Wildman–Crippen MR) is 80.0 cm³/mol. The number of pyridine rings is 1. The van der Waals surface area contributed by atoms with Crippen LogP contribution in [0.15, 0.2) is 47.6 Å². The molecule has 0 fully saturated rings. The Hall–Kier alpha value is -1.76. The van der Waals surface area contributed by atoms with Crippen molar-refractivity contribution in [1.82, 2.24) is 9.71 Å². The first kappa shape index (κ1) is 15.6. The molecule has 0 spiro atoms. The lowest BCUT2D eigenvalue weighted by Crippen LogP contribution is -2.23. The van der Waals surface area contributed by atoms with Gasteiger partial charge in [-0.2, -0.15) is 0 Å². The van der Waals surface area contributed by atoms with Crippen molar-refractivity contribution in [3.8, 4) is 0 Å². The van der Waals surface area contributed by atoms with Crippen molar-refractivity contribution in [2.24, 2.45) is 0 Å². The molecule has 1 aromatic heterocycles. The molecule has 0 unspecified atom stereocenters. The number of aliphatic hydroxyl groups excluding tert-OH is 1. The molecule has 21 heavy (non-hydrogen) atoms. The van der Waals surface area contributed by atoms with E-state index in [9.17, 15) is 13.5 Å². The first-order valence-corrected chi connectivity index (χ1v) is 8.16. The Morgan fingerprint density at radius 1 is 1.24 bits per heavy atom. The van der Waals surface area contributed by atoms with E-state index in [0.29, 0.717) is 5.56 Å². The molecule has 0 bridgehead atoms. The zero-order chi connectivity index (χ0) is 15.3. The first-order chi connectivity index (χ1) is 10.1. The van der Waals surface area contributed by atoms with Gasteiger partial charge < -0.3 is 5.11 Å².